The highest BCUT2D eigenvalue weighted by atomic mass is 32.1. The lowest BCUT2D eigenvalue weighted by atomic mass is 10.1. The van der Waals surface area contributed by atoms with E-state index in [1.807, 2.05) is 37.3 Å². The first kappa shape index (κ1) is 17.6. The summed E-state index contributed by atoms with van der Waals surface area (Å²) in [4.78, 5) is 27.9. The van der Waals surface area contributed by atoms with Crippen molar-refractivity contribution in [2.24, 2.45) is 0 Å². The van der Waals surface area contributed by atoms with Crippen molar-refractivity contribution >= 4 is 29.2 Å². The highest BCUT2D eigenvalue weighted by molar-refractivity contribution is 7.09. The van der Waals surface area contributed by atoms with Crippen LogP contribution in [0, 0.1) is 25.2 Å². The molecule has 2 aromatic rings. The maximum Gasteiger partial charge on any atom is 0.331 e. The van der Waals surface area contributed by atoms with Crippen LogP contribution in [0.1, 0.15) is 27.7 Å². The molecule has 2 rings (SSSR count). The number of nitrogens with zero attached hydrogens (tertiary/aromatic N) is 2. The van der Waals surface area contributed by atoms with Gasteiger partial charge in [-0.15, -0.1) is 11.3 Å². The minimum atomic E-state index is -1.00. The molecule has 0 radical (unpaired) electrons. The van der Waals surface area contributed by atoms with Crippen LogP contribution >= 0.6 is 11.3 Å². The van der Waals surface area contributed by atoms with Crippen LogP contribution in [0.5, 0.6) is 0 Å². The van der Waals surface area contributed by atoms with Gasteiger partial charge in [-0.25, -0.2) is 9.78 Å². The molecule has 5 nitrogen and oxygen atoms in total. The summed E-state index contributed by atoms with van der Waals surface area (Å²) in [6.07, 6.45) is 2.87. The van der Waals surface area contributed by atoms with Gasteiger partial charge in [0.05, 0.1) is 6.07 Å². The van der Waals surface area contributed by atoms with Crippen molar-refractivity contribution in [1.29, 1.82) is 5.26 Å². The zero-order valence-electron chi connectivity index (χ0n) is 13.4. The van der Waals surface area contributed by atoms with Crippen LogP contribution in [-0.2, 0) is 14.3 Å². The molecule has 0 spiro atoms. The molecular weight excluding hydrogens is 324 g/mol. The van der Waals surface area contributed by atoms with Crippen LogP contribution in [0.3, 0.4) is 0 Å². The Morgan fingerprint density at radius 2 is 2.04 bits per heavy atom. The molecule has 0 saturated carbocycles. The van der Waals surface area contributed by atoms with Crippen LogP contribution in [0.2, 0.25) is 0 Å². The monoisotopic (exact) mass is 340 g/mol. The van der Waals surface area contributed by atoms with Gasteiger partial charge in [0.2, 0.25) is 0 Å². The van der Waals surface area contributed by atoms with Crippen LogP contribution in [-0.4, -0.2) is 23.3 Å². The molecule has 1 aromatic heterocycles. The van der Waals surface area contributed by atoms with Gasteiger partial charge in [0.15, 0.2) is 18.3 Å². The number of carbonyl (C=O) groups excluding carboxylic acids is 2. The molecular formula is C18H16N2O3S. The molecule has 0 amide bonds. The molecule has 0 aliphatic heterocycles. The first-order valence-electron chi connectivity index (χ1n) is 7.25. The van der Waals surface area contributed by atoms with E-state index in [4.69, 9.17) is 10.00 Å². The second-order valence-corrected chi connectivity index (χ2v) is 6.10. The number of hydrogen-bond donors (Lipinski definition) is 0. The average molecular weight is 340 g/mol. The maximum atomic E-state index is 12.0. The van der Waals surface area contributed by atoms with Gasteiger partial charge >= 0.3 is 5.97 Å². The lowest BCUT2D eigenvalue weighted by Crippen LogP contribution is -2.19. The number of Topliss-reactive ketones (excluding diaryl/α,β-unsaturated/α-hetero) is 1. The fourth-order valence-corrected chi connectivity index (χ4v) is 2.75. The number of thiazole rings is 1. The number of aryl methyl sites for hydroxylation is 2. The summed E-state index contributed by atoms with van der Waals surface area (Å²) in [5.41, 5.74) is 2.73. The lowest BCUT2D eigenvalue weighted by Gasteiger charge is -2.05. The second-order valence-electron chi connectivity index (χ2n) is 5.21. The Kier molecular flexibility index (Phi) is 5.99. The van der Waals surface area contributed by atoms with Gasteiger partial charge in [-0.2, -0.15) is 5.26 Å². The van der Waals surface area contributed by atoms with Gasteiger partial charge in [-0.3, -0.25) is 4.79 Å². The molecule has 6 heteroatoms. The zero-order valence-corrected chi connectivity index (χ0v) is 14.2. The van der Waals surface area contributed by atoms with Crippen molar-refractivity contribution in [2.45, 2.75) is 19.8 Å². The Bertz CT molecular complexity index is 800. The molecule has 0 fully saturated rings. The Labute approximate surface area is 144 Å². The van der Waals surface area contributed by atoms with Gasteiger partial charge in [-0.1, -0.05) is 29.8 Å². The number of nitriles is 1. The lowest BCUT2D eigenvalue weighted by molar-refractivity contribution is -0.143. The van der Waals surface area contributed by atoms with Crippen molar-refractivity contribution in [3.63, 3.8) is 0 Å². The normalized spacial score (nSPS) is 11.9. The predicted octanol–water partition coefficient (Wildman–Crippen LogP) is 3.19. The minimum absolute atomic E-state index is 0.422. The van der Waals surface area contributed by atoms with E-state index in [0.29, 0.717) is 5.01 Å². The van der Waals surface area contributed by atoms with Gasteiger partial charge in [0, 0.05) is 17.2 Å². The van der Waals surface area contributed by atoms with E-state index in [2.05, 4.69) is 4.98 Å². The number of hydrogen-bond acceptors (Lipinski definition) is 6. The van der Waals surface area contributed by atoms with Crippen LogP contribution < -0.4 is 0 Å². The molecule has 24 heavy (non-hydrogen) atoms. The molecule has 0 aliphatic carbocycles. The number of ketones is 1. The van der Waals surface area contributed by atoms with E-state index >= 15 is 0 Å². The summed E-state index contributed by atoms with van der Waals surface area (Å²) < 4.78 is 4.91. The van der Waals surface area contributed by atoms with Crippen molar-refractivity contribution in [1.82, 2.24) is 4.98 Å². The summed E-state index contributed by atoms with van der Waals surface area (Å²) in [6, 6.07) is 9.52. The van der Waals surface area contributed by atoms with E-state index in [1.54, 1.807) is 18.4 Å². The number of esters is 1. The van der Waals surface area contributed by atoms with Crippen molar-refractivity contribution in [3.05, 3.63) is 57.6 Å². The van der Waals surface area contributed by atoms with E-state index in [9.17, 15) is 9.59 Å². The molecule has 122 valence electrons. The number of ether oxygens (including phenoxy) is 1. The predicted molar refractivity (Wildman–Crippen MR) is 91.4 cm³/mol. The van der Waals surface area contributed by atoms with E-state index in [-0.39, 0.29) is 0 Å². The Hall–Kier alpha value is -2.78. The van der Waals surface area contributed by atoms with Crippen molar-refractivity contribution < 1.29 is 14.3 Å². The van der Waals surface area contributed by atoms with E-state index < -0.39 is 24.3 Å². The van der Waals surface area contributed by atoms with Crippen LogP contribution in [0.25, 0.3) is 6.08 Å². The molecule has 1 atom stereocenters. The van der Waals surface area contributed by atoms with Crippen LogP contribution in [0.4, 0.5) is 0 Å². The second kappa shape index (κ2) is 8.18. The number of rotatable bonds is 6. The average Bonchev–Trinajstić information content (AvgIpc) is 2.99. The molecule has 0 N–H and O–H groups in total. The number of aromatic nitrogens is 1. The van der Waals surface area contributed by atoms with Gasteiger partial charge < -0.3 is 4.74 Å². The maximum absolute atomic E-state index is 12.0. The van der Waals surface area contributed by atoms with E-state index in [0.717, 1.165) is 16.8 Å². The fraction of sp³-hybridized carbons (Fsp3) is 0.222. The Balaban J connectivity index is 1.89. The SMILES string of the molecule is Cc1ccc(/C=C/C(=O)OCC(=O)[C@@H](C#N)c2nc(C)cs2)cc1. The molecule has 1 aromatic carbocycles. The topological polar surface area (TPSA) is 80.0 Å². The van der Waals surface area contributed by atoms with Gasteiger partial charge in [0.25, 0.3) is 0 Å². The van der Waals surface area contributed by atoms with Gasteiger partial charge in [0.1, 0.15) is 5.01 Å². The third kappa shape index (κ3) is 4.86. The van der Waals surface area contributed by atoms with E-state index in [1.165, 1.54) is 17.4 Å². The van der Waals surface area contributed by atoms with Crippen molar-refractivity contribution in [3.8, 4) is 6.07 Å². The third-order valence-corrected chi connectivity index (χ3v) is 4.21. The molecule has 1 heterocycles. The summed E-state index contributed by atoms with van der Waals surface area (Å²) in [5, 5.41) is 11.3. The van der Waals surface area contributed by atoms with Crippen LogP contribution in [0.15, 0.2) is 35.7 Å². The highest BCUT2D eigenvalue weighted by Gasteiger charge is 2.24. The third-order valence-electron chi connectivity index (χ3n) is 3.18. The summed E-state index contributed by atoms with van der Waals surface area (Å²) >= 11 is 1.24. The number of benzene rings is 1. The summed E-state index contributed by atoms with van der Waals surface area (Å²) in [6.45, 7) is 3.31. The quantitative estimate of drug-likeness (QED) is 0.596. The first-order chi connectivity index (χ1) is 11.5. The number of carbonyl (C=O) groups is 2. The smallest absolute Gasteiger partial charge is 0.331 e. The standard InChI is InChI=1S/C18H16N2O3S/c1-12-3-5-14(6-4-12)7-8-17(22)23-10-16(21)15(9-19)18-20-13(2)11-24-18/h3-8,11,15H,10H2,1-2H3/b8-7+/t15-/m1/s1. The molecule has 0 unspecified atom stereocenters. The Morgan fingerprint density at radius 1 is 1.33 bits per heavy atom. The minimum Gasteiger partial charge on any atom is -0.454 e. The molecule has 0 aliphatic rings. The van der Waals surface area contributed by atoms with Gasteiger partial charge in [-0.05, 0) is 25.5 Å². The molecule has 0 saturated heterocycles. The molecule has 0 bridgehead atoms. The largest absolute Gasteiger partial charge is 0.454 e. The fourth-order valence-electron chi connectivity index (χ4n) is 1.89. The summed E-state index contributed by atoms with van der Waals surface area (Å²) in [7, 11) is 0. The Morgan fingerprint density at radius 3 is 2.62 bits per heavy atom. The van der Waals surface area contributed by atoms with Crippen molar-refractivity contribution in [2.75, 3.05) is 6.61 Å². The zero-order chi connectivity index (χ0) is 17.5. The highest BCUT2D eigenvalue weighted by Crippen LogP contribution is 2.20. The summed E-state index contributed by atoms with van der Waals surface area (Å²) in [5.74, 6) is -2.11. The first-order valence-corrected chi connectivity index (χ1v) is 8.13.